The van der Waals surface area contributed by atoms with E-state index in [4.69, 9.17) is 5.73 Å². The van der Waals surface area contributed by atoms with E-state index in [-0.39, 0.29) is 18.0 Å². The number of hydrogen-bond donors (Lipinski definition) is 2. The van der Waals surface area contributed by atoms with E-state index in [1.807, 2.05) is 13.0 Å². The molecule has 5 nitrogen and oxygen atoms in total. The van der Waals surface area contributed by atoms with E-state index >= 15 is 0 Å². The van der Waals surface area contributed by atoms with Crippen LogP contribution in [-0.2, 0) is 10.0 Å². The van der Waals surface area contributed by atoms with Crippen LogP contribution in [0.15, 0.2) is 53.4 Å². The van der Waals surface area contributed by atoms with Crippen LogP contribution in [0.5, 0.6) is 0 Å². The normalized spacial score (nSPS) is 11.3. The van der Waals surface area contributed by atoms with Crippen molar-refractivity contribution in [2.75, 3.05) is 23.2 Å². The van der Waals surface area contributed by atoms with Crippen LogP contribution in [-0.4, -0.2) is 26.7 Å². The molecule has 0 amide bonds. The van der Waals surface area contributed by atoms with Crippen LogP contribution >= 0.6 is 0 Å². The molecule has 2 aromatic carbocycles. The van der Waals surface area contributed by atoms with Crippen LogP contribution in [0.1, 0.15) is 5.56 Å². The molecule has 0 aliphatic heterocycles. The number of aliphatic hydroxyl groups is 1. The number of rotatable bonds is 5. The molecular formula is C15H18N2O3S. The molecule has 0 spiro atoms. The van der Waals surface area contributed by atoms with E-state index in [1.165, 1.54) is 6.07 Å². The summed E-state index contributed by atoms with van der Waals surface area (Å²) < 4.78 is 26.7. The summed E-state index contributed by atoms with van der Waals surface area (Å²) in [5, 5.41) is 9.21. The highest BCUT2D eigenvalue weighted by Crippen LogP contribution is 2.28. The van der Waals surface area contributed by atoms with Crippen molar-refractivity contribution >= 4 is 21.4 Å². The zero-order valence-corrected chi connectivity index (χ0v) is 12.5. The van der Waals surface area contributed by atoms with Crippen LogP contribution in [0, 0.1) is 6.92 Å². The van der Waals surface area contributed by atoms with Gasteiger partial charge in [0.2, 0.25) is 0 Å². The van der Waals surface area contributed by atoms with Gasteiger partial charge in [0.15, 0.2) is 0 Å². The van der Waals surface area contributed by atoms with Crippen molar-refractivity contribution in [3.05, 3.63) is 54.1 Å². The number of nitrogens with zero attached hydrogens (tertiary/aromatic N) is 1. The molecule has 2 aromatic rings. The number of nitrogen functional groups attached to an aromatic ring is 1. The standard InChI is InChI=1S/C15H18N2O3S/c1-12-5-4-6-13(11-12)21(19,20)17(9-10-18)15-8-3-2-7-14(15)16/h2-8,11,18H,9-10,16H2,1H3. The third-order valence-corrected chi connectivity index (χ3v) is 4.90. The molecule has 0 fully saturated rings. The summed E-state index contributed by atoms with van der Waals surface area (Å²) in [7, 11) is -3.77. The molecule has 3 N–H and O–H groups in total. The Bertz CT molecular complexity index is 729. The van der Waals surface area contributed by atoms with Crippen LogP contribution in [0.4, 0.5) is 11.4 Å². The summed E-state index contributed by atoms with van der Waals surface area (Å²) in [5.74, 6) is 0. The Balaban J connectivity index is 2.54. The Morgan fingerprint density at radius 2 is 1.86 bits per heavy atom. The van der Waals surface area contributed by atoms with Crippen molar-refractivity contribution in [3.63, 3.8) is 0 Å². The first-order chi connectivity index (χ1) is 9.96. The maximum atomic E-state index is 12.8. The first-order valence-corrected chi connectivity index (χ1v) is 7.95. The van der Waals surface area contributed by atoms with Crippen molar-refractivity contribution in [1.29, 1.82) is 0 Å². The average molecular weight is 306 g/mol. The zero-order valence-electron chi connectivity index (χ0n) is 11.7. The minimum atomic E-state index is -3.77. The summed E-state index contributed by atoms with van der Waals surface area (Å²) in [6, 6.07) is 13.3. The first-order valence-electron chi connectivity index (χ1n) is 6.51. The fourth-order valence-electron chi connectivity index (χ4n) is 2.08. The highest BCUT2D eigenvalue weighted by atomic mass is 32.2. The molecule has 112 valence electrons. The SMILES string of the molecule is Cc1cccc(S(=O)(=O)N(CCO)c2ccccc2N)c1. The molecule has 0 saturated carbocycles. The molecule has 0 atom stereocenters. The van der Waals surface area contributed by atoms with E-state index in [1.54, 1.807) is 36.4 Å². The number of benzene rings is 2. The Morgan fingerprint density at radius 3 is 2.48 bits per heavy atom. The predicted molar refractivity (Wildman–Crippen MR) is 83.7 cm³/mol. The van der Waals surface area contributed by atoms with E-state index in [0.717, 1.165) is 9.87 Å². The Labute approximate surface area is 124 Å². The summed E-state index contributed by atoms with van der Waals surface area (Å²) in [5.41, 5.74) is 7.43. The summed E-state index contributed by atoms with van der Waals surface area (Å²) in [4.78, 5) is 0.180. The maximum Gasteiger partial charge on any atom is 0.264 e. The highest BCUT2D eigenvalue weighted by molar-refractivity contribution is 7.92. The number of sulfonamides is 1. The van der Waals surface area contributed by atoms with Crippen molar-refractivity contribution < 1.29 is 13.5 Å². The molecule has 0 saturated heterocycles. The molecule has 0 bridgehead atoms. The highest BCUT2D eigenvalue weighted by Gasteiger charge is 2.25. The molecule has 6 heteroatoms. The van der Waals surface area contributed by atoms with E-state index in [9.17, 15) is 13.5 Å². The lowest BCUT2D eigenvalue weighted by Gasteiger charge is -2.25. The van der Waals surface area contributed by atoms with E-state index < -0.39 is 10.0 Å². The van der Waals surface area contributed by atoms with Gasteiger partial charge in [-0.1, -0.05) is 24.3 Å². The van der Waals surface area contributed by atoms with Gasteiger partial charge in [0.1, 0.15) is 0 Å². The lowest BCUT2D eigenvalue weighted by molar-refractivity contribution is 0.306. The quantitative estimate of drug-likeness (QED) is 0.825. The smallest absolute Gasteiger partial charge is 0.264 e. The summed E-state index contributed by atoms with van der Waals surface area (Å²) in [6.45, 7) is 1.48. The lowest BCUT2D eigenvalue weighted by atomic mass is 10.2. The Hall–Kier alpha value is -2.05. The molecule has 0 aromatic heterocycles. The van der Waals surface area contributed by atoms with Gasteiger partial charge in [-0.15, -0.1) is 0 Å². The van der Waals surface area contributed by atoms with Gasteiger partial charge in [0.25, 0.3) is 10.0 Å². The molecule has 0 radical (unpaired) electrons. The molecule has 0 unspecified atom stereocenters. The average Bonchev–Trinajstić information content (AvgIpc) is 2.45. The van der Waals surface area contributed by atoms with Crippen molar-refractivity contribution in [3.8, 4) is 0 Å². The third-order valence-electron chi connectivity index (χ3n) is 3.09. The van der Waals surface area contributed by atoms with Gasteiger partial charge in [0.05, 0.1) is 29.4 Å². The van der Waals surface area contributed by atoms with Crippen molar-refractivity contribution in [1.82, 2.24) is 0 Å². The lowest BCUT2D eigenvalue weighted by Crippen LogP contribution is -2.34. The molecule has 21 heavy (non-hydrogen) atoms. The number of anilines is 2. The summed E-state index contributed by atoms with van der Waals surface area (Å²) in [6.07, 6.45) is 0. The Kier molecular flexibility index (Phi) is 4.50. The monoisotopic (exact) mass is 306 g/mol. The summed E-state index contributed by atoms with van der Waals surface area (Å²) >= 11 is 0. The molecular weight excluding hydrogens is 288 g/mol. The predicted octanol–water partition coefficient (Wildman–Crippen LogP) is 1.76. The van der Waals surface area contributed by atoms with Crippen LogP contribution in [0.2, 0.25) is 0 Å². The molecule has 0 heterocycles. The van der Waals surface area contributed by atoms with E-state index in [0.29, 0.717) is 11.4 Å². The van der Waals surface area contributed by atoms with Crippen LogP contribution in [0.3, 0.4) is 0 Å². The molecule has 0 aliphatic carbocycles. The minimum Gasteiger partial charge on any atom is -0.397 e. The van der Waals surface area contributed by atoms with E-state index in [2.05, 4.69) is 0 Å². The van der Waals surface area contributed by atoms with Gasteiger partial charge in [-0.05, 0) is 36.8 Å². The van der Waals surface area contributed by atoms with Crippen LogP contribution in [0.25, 0.3) is 0 Å². The second kappa shape index (κ2) is 6.15. The number of para-hydroxylation sites is 2. The fourth-order valence-corrected chi connectivity index (χ4v) is 3.67. The van der Waals surface area contributed by atoms with Gasteiger partial charge in [0, 0.05) is 0 Å². The van der Waals surface area contributed by atoms with Gasteiger partial charge >= 0.3 is 0 Å². The topological polar surface area (TPSA) is 83.6 Å². The van der Waals surface area contributed by atoms with Crippen molar-refractivity contribution in [2.45, 2.75) is 11.8 Å². The number of hydrogen-bond acceptors (Lipinski definition) is 4. The van der Waals surface area contributed by atoms with Gasteiger partial charge in [-0.3, -0.25) is 4.31 Å². The number of aryl methyl sites for hydroxylation is 1. The number of nitrogens with two attached hydrogens (primary N) is 1. The minimum absolute atomic E-state index is 0.0511. The molecule has 0 aliphatic rings. The zero-order chi connectivity index (χ0) is 15.5. The third kappa shape index (κ3) is 3.17. The Morgan fingerprint density at radius 1 is 1.14 bits per heavy atom. The number of aliphatic hydroxyl groups excluding tert-OH is 1. The van der Waals surface area contributed by atoms with Gasteiger partial charge in [-0.25, -0.2) is 8.42 Å². The van der Waals surface area contributed by atoms with Gasteiger partial charge < -0.3 is 10.8 Å². The maximum absolute atomic E-state index is 12.8. The second-order valence-corrected chi connectivity index (χ2v) is 6.54. The first kappa shape index (κ1) is 15.3. The van der Waals surface area contributed by atoms with Crippen molar-refractivity contribution in [2.24, 2.45) is 0 Å². The van der Waals surface area contributed by atoms with Crippen LogP contribution < -0.4 is 10.0 Å². The largest absolute Gasteiger partial charge is 0.397 e. The fraction of sp³-hybridized carbons (Fsp3) is 0.200. The molecule has 2 rings (SSSR count). The van der Waals surface area contributed by atoms with Gasteiger partial charge in [-0.2, -0.15) is 0 Å². The second-order valence-electron chi connectivity index (χ2n) is 4.68.